The highest BCUT2D eigenvalue weighted by atomic mass is 127. The topological polar surface area (TPSA) is 56.7 Å². The van der Waals surface area contributed by atoms with Crippen molar-refractivity contribution in [3.05, 3.63) is 30.3 Å². The van der Waals surface area contributed by atoms with E-state index in [4.69, 9.17) is 0 Å². The van der Waals surface area contributed by atoms with E-state index in [9.17, 15) is 4.79 Å². The highest BCUT2D eigenvalue weighted by molar-refractivity contribution is 14.0. The molecular formula is C17H27IN4OS. The van der Waals surface area contributed by atoms with Gasteiger partial charge in [0.05, 0.1) is 6.04 Å². The van der Waals surface area contributed by atoms with E-state index in [0.717, 1.165) is 36.9 Å². The maximum absolute atomic E-state index is 12.2. The fraction of sp³-hybridized carbons (Fsp3) is 0.529. The van der Waals surface area contributed by atoms with Gasteiger partial charge < -0.3 is 15.5 Å². The summed E-state index contributed by atoms with van der Waals surface area (Å²) in [5, 5.41) is 6.65. The molecule has 1 amide bonds. The molecule has 5 nitrogen and oxygen atoms in total. The van der Waals surface area contributed by atoms with Gasteiger partial charge in [0.15, 0.2) is 5.96 Å². The van der Waals surface area contributed by atoms with Gasteiger partial charge in [0.1, 0.15) is 0 Å². The summed E-state index contributed by atoms with van der Waals surface area (Å²) in [4.78, 5) is 18.7. The summed E-state index contributed by atoms with van der Waals surface area (Å²) in [6.45, 7) is 4.35. The van der Waals surface area contributed by atoms with Gasteiger partial charge in [0, 0.05) is 31.7 Å². The fourth-order valence-corrected chi connectivity index (χ4v) is 2.99. The molecule has 0 spiro atoms. The number of hydrogen-bond donors (Lipinski definition) is 2. The number of carbonyl (C=O) groups is 1. The van der Waals surface area contributed by atoms with Crippen molar-refractivity contribution in [1.29, 1.82) is 0 Å². The number of carbonyl (C=O) groups excluding carboxylic acids is 1. The number of aliphatic imine (C=N–C) groups is 1. The van der Waals surface area contributed by atoms with Gasteiger partial charge in [-0.25, -0.2) is 0 Å². The van der Waals surface area contributed by atoms with E-state index < -0.39 is 0 Å². The Balaban J connectivity index is 0.00000288. The summed E-state index contributed by atoms with van der Waals surface area (Å²) in [5.74, 6) is 2.08. The number of rotatable bonds is 7. The molecule has 0 saturated carbocycles. The number of thioether (sulfide) groups is 1. The van der Waals surface area contributed by atoms with Gasteiger partial charge in [-0.05, 0) is 37.5 Å². The van der Waals surface area contributed by atoms with Crippen LogP contribution in [-0.4, -0.2) is 49.6 Å². The van der Waals surface area contributed by atoms with E-state index in [1.165, 1.54) is 0 Å². The van der Waals surface area contributed by atoms with E-state index in [1.807, 2.05) is 47.0 Å². The molecular weight excluding hydrogens is 435 g/mol. The first kappa shape index (κ1) is 21.1. The van der Waals surface area contributed by atoms with E-state index in [-0.39, 0.29) is 35.9 Å². The van der Waals surface area contributed by atoms with Crippen LogP contribution >= 0.6 is 35.7 Å². The number of guanidine groups is 1. The van der Waals surface area contributed by atoms with Crippen molar-refractivity contribution in [2.75, 3.05) is 36.5 Å². The summed E-state index contributed by atoms with van der Waals surface area (Å²) in [6.07, 6.45) is 3.68. The highest BCUT2D eigenvalue weighted by Crippen LogP contribution is 2.20. The quantitative estimate of drug-likeness (QED) is 0.283. The normalized spacial score (nSPS) is 17.6. The summed E-state index contributed by atoms with van der Waals surface area (Å²) < 4.78 is 0. The van der Waals surface area contributed by atoms with E-state index in [1.54, 1.807) is 0 Å². The van der Waals surface area contributed by atoms with Gasteiger partial charge in [0.2, 0.25) is 5.91 Å². The van der Waals surface area contributed by atoms with E-state index in [0.29, 0.717) is 13.0 Å². The molecule has 0 aromatic heterocycles. The summed E-state index contributed by atoms with van der Waals surface area (Å²) in [7, 11) is 0. The van der Waals surface area contributed by atoms with E-state index in [2.05, 4.69) is 28.8 Å². The number of para-hydroxylation sites is 1. The van der Waals surface area contributed by atoms with Crippen LogP contribution in [0.15, 0.2) is 35.3 Å². The molecule has 1 unspecified atom stereocenters. The third-order valence-electron chi connectivity index (χ3n) is 3.65. The SMILES string of the molecule is CCNC(=NCCCSC)NC1CC(=O)N(c2ccccc2)C1.I. The lowest BCUT2D eigenvalue weighted by Gasteiger charge is -2.19. The zero-order chi connectivity index (χ0) is 16.5. The Morgan fingerprint density at radius 2 is 2.12 bits per heavy atom. The van der Waals surface area contributed by atoms with Crippen LogP contribution < -0.4 is 15.5 Å². The summed E-state index contributed by atoms with van der Waals surface area (Å²) >= 11 is 1.84. The van der Waals surface area contributed by atoms with Crippen LogP contribution in [0.5, 0.6) is 0 Å². The molecule has 2 N–H and O–H groups in total. The summed E-state index contributed by atoms with van der Waals surface area (Å²) in [6, 6.07) is 9.93. The van der Waals surface area contributed by atoms with Crippen molar-refractivity contribution in [2.45, 2.75) is 25.8 Å². The Labute approximate surface area is 166 Å². The number of benzene rings is 1. The van der Waals surface area contributed by atoms with Crippen LogP contribution in [0.25, 0.3) is 0 Å². The molecule has 0 bridgehead atoms. The Morgan fingerprint density at radius 1 is 1.38 bits per heavy atom. The second-order valence-electron chi connectivity index (χ2n) is 5.49. The van der Waals surface area contributed by atoms with Crippen molar-refractivity contribution < 1.29 is 4.79 Å². The number of amides is 1. The van der Waals surface area contributed by atoms with Crippen LogP contribution in [0, 0.1) is 0 Å². The molecule has 1 fully saturated rings. The zero-order valence-corrected chi connectivity index (χ0v) is 17.5. The maximum atomic E-state index is 12.2. The van der Waals surface area contributed by atoms with Crippen molar-refractivity contribution in [1.82, 2.24) is 10.6 Å². The van der Waals surface area contributed by atoms with Gasteiger partial charge >= 0.3 is 0 Å². The predicted molar refractivity (Wildman–Crippen MR) is 115 cm³/mol. The fourth-order valence-electron chi connectivity index (χ4n) is 2.57. The number of nitrogens with zero attached hydrogens (tertiary/aromatic N) is 2. The monoisotopic (exact) mass is 462 g/mol. The zero-order valence-electron chi connectivity index (χ0n) is 14.3. The minimum absolute atomic E-state index is 0. The van der Waals surface area contributed by atoms with Gasteiger partial charge in [0.25, 0.3) is 0 Å². The Kier molecular flexibility index (Phi) is 10.2. The molecule has 24 heavy (non-hydrogen) atoms. The second kappa shape index (κ2) is 11.6. The van der Waals surface area contributed by atoms with Crippen molar-refractivity contribution in [3.8, 4) is 0 Å². The minimum Gasteiger partial charge on any atom is -0.357 e. The lowest BCUT2D eigenvalue weighted by molar-refractivity contribution is -0.117. The van der Waals surface area contributed by atoms with Crippen LogP contribution in [0.4, 0.5) is 5.69 Å². The average molecular weight is 462 g/mol. The third kappa shape index (κ3) is 6.51. The third-order valence-corrected chi connectivity index (χ3v) is 4.35. The number of anilines is 1. The van der Waals surface area contributed by atoms with Crippen LogP contribution in [-0.2, 0) is 4.79 Å². The number of hydrogen-bond acceptors (Lipinski definition) is 3. The molecule has 0 radical (unpaired) electrons. The summed E-state index contributed by atoms with van der Waals surface area (Å²) in [5.41, 5.74) is 0.962. The molecule has 7 heteroatoms. The Bertz CT molecular complexity index is 527. The first-order valence-corrected chi connectivity index (χ1v) is 9.53. The molecule has 1 heterocycles. The minimum atomic E-state index is 0. The Morgan fingerprint density at radius 3 is 2.79 bits per heavy atom. The molecule has 1 saturated heterocycles. The van der Waals surface area contributed by atoms with Gasteiger partial charge in [-0.2, -0.15) is 11.8 Å². The smallest absolute Gasteiger partial charge is 0.229 e. The lowest BCUT2D eigenvalue weighted by Crippen LogP contribution is -2.44. The van der Waals surface area contributed by atoms with Crippen LogP contribution in [0.3, 0.4) is 0 Å². The van der Waals surface area contributed by atoms with E-state index >= 15 is 0 Å². The van der Waals surface area contributed by atoms with Crippen LogP contribution in [0.1, 0.15) is 19.8 Å². The number of nitrogens with one attached hydrogen (secondary N) is 2. The first-order chi connectivity index (χ1) is 11.2. The molecule has 2 rings (SSSR count). The first-order valence-electron chi connectivity index (χ1n) is 8.13. The predicted octanol–water partition coefficient (Wildman–Crippen LogP) is 2.72. The molecule has 1 atom stereocenters. The van der Waals surface area contributed by atoms with Crippen molar-refractivity contribution in [3.63, 3.8) is 0 Å². The number of halogens is 1. The molecule has 0 aliphatic carbocycles. The van der Waals surface area contributed by atoms with Gasteiger partial charge in [-0.3, -0.25) is 9.79 Å². The maximum Gasteiger partial charge on any atom is 0.229 e. The average Bonchev–Trinajstić information content (AvgIpc) is 2.93. The second-order valence-corrected chi connectivity index (χ2v) is 6.48. The largest absolute Gasteiger partial charge is 0.357 e. The molecule has 134 valence electrons. The van der Waals surface area contributed by atoms with Crippen molar-refractivity contribution in [2.24, 2.45) is 4.99 Å². The molecule has 1 aromatic rings. The Hall–Kier alpha value is -0.960. The van der Waals surface area contributed by atoms with Crippen molar-refractivity contribution >= 4 is 53.3 Å². The molecule has 1 aromatic carbocycles. The van der Waals surface area contributed by atoms with Crippen LogP contribution in [0.2, 0.25) is 0 Å². The standard InChI is InChI=1S/C17H26N4OS.HI/c1-3-18-17(19-10-7-11-23-2)20-14-12-16(22)21(13-14)15-8-5-4-6-9-15;/h4-6,8-9,14H,3,7,10-13H2,1-2H3,(H2,18,19,20);1H. The molecule has 1 aliphatic heterocycles. The lowest BCUT2D eigenvalue weighted by atomic mass is 10.2. The van der Waals surface area contributed by atoms with Gasteiger partial charge in [-0.1, -0.05) is 18.2 Å². The molecule has 1 aliphatic rings. The highest BCUT2D eigenvalue weighted by Gasteiger charge is 2.30. The van der Waals surface area contributed by atoms with Gasteiger partial charge in [-0.15, -0.1) is 24.0 Å².